The number of aromatic nitrogens is 1. The van der Waals surface area contributed by atoms with Crippen LogP contribution >= 0.6 is 0 Å². The molecule has 32 heavy (non-hydrogen) atoms. The fourth-order valence-corrected chi connectivity index (χ4v) is 6.23. The fraction of sp³-hybridized carbons (Fsp3) is 0.0645. The summed E-state index contributed by atoms with van der Waals surface area (Å²) in [5.74, 6) is 0. The van der Waals surface area contributed by atoms with Crippen LogP contribution in [0.3, 0.4) is 0 Å². The van der Waals surface area contributed by atoms with Crippen LogP contribution in [0.25, 0.3) is 60.0 Å². The van der Waals surface area contributed by atoms with Crippen LogP contribution in [0.5, 0.6) is 0 Å². The van der Waals surface area contributed by atoms with E-state index < -0.39 is 0 Å². The highest BCUT2D eigenvalue weighted by Crippen LogP contribution is 2.42. The summed E-state index contributed by atoms with van der Waals surface area (Å²) >= 11 is 0. The van der Waals surface area contributed by atoms with E-state index in [4.69, 9.17) is 0 Å². The third-order valence-electron chi connectivity index (χ3n) is 7.52. The number of rotatable bonds is 1. The van der Waals surface area contributed by atoms with E-state index in [2.05, 4.69) is 101 Å². The lowest BCUT2D eigenvalue weighted by Gasteiger charge is -2.21. The second kappa shape index (κ2) is 5.83. The SMILES string of the molecule is c1ccc(-c2cc3c4ccccc4c4cccc5c6cccc7c6c(c2CC7)[n+]3c45)cc1. The summed E-state index contributed by atoms with van der Waals surface area (Å²) in [7, 11) is 0. The predicted octanol–water partition coefficient (Wildman–Crippen LogP) is 7.24. The van der Waals surface area contributed by atoms with Crippen LogP contribution in [0.1, 0.15) is 11.1 Å². The second-order valence-electron chi connectivity index (χ2n) is 9.06. The molecule has 7 aromatic rings. The highest BCUT2D eigenvalue weighted by Gasteiger charge is 2.31. The number of aryl methyl sites for hydroxylation is 2. The molecule has 4 aromatic carbocycles. The van der Waals surface area contributed by atoms with Gasteiger partial charge in [-0.05, 0) is 47.7 Å². The van der Waals surface area contributed by atoms with Gasteiger partial charge in [0.15, 0.2) is 0 Å². The second-order valence-corrected chi connectivity index (χ2v) is 9.06. The van der Waals surface area contributed by atoms with Crippen molar-refractivity contribution in [3.05, 3.63) is 108 Å². The first kappa shape index (κ1) is 16.7. The number of hydrogen-bond acceptors (Lipinski definition) is 0. The van der Waals surface area contributed by atoms with E-state index in [1.807, 2.05) is 0 Å². The summed E-state index contributed by atoms with van der Waals surface area (Å²) in [5, 5.41) is 8.18. The molecule has 0 radical (unpaired) electrons. The Morgan fingerprint density at radius 1 is 0.531 bits per heavy atom. The Morgan fingerprint density at radius 3 is 2.09 bits per heavy atom. The molecule has 1 heteroatoms. The van der Waals surface area contributed by atoms with Crippen LogP contribution in [-0.2, 0) is 12.8 Å². The van der Waals surface area contributed by atoms with E-state index in [0.717, 1.165) is 12.8 Å². The van der Waals surface area contributed by atoms with E-state index >= 15 is 0 Å². The molecule has 0 unspecified atom stereocenters. The summed E-state index contributed by atoms with van der Waals surface area (Å²) in [5.41, 5.74) is 9.72. The molecule has 0 aliphatic heterocycles. The first-order valence-electron chi connectivity index (χ1n) is 11.4. The summed E-state index contributed by atoms with van der Waals surface area (Å²) < 4.78 is 2.58. The molecule has 1 aliphatic carbocycles. The molecule has 3 heterocycles. The van der Waals surface area contributed by atoms with Gasteiger partial charge in [-0.25, -0.2) is 0 Å². The standard InChI is InChI=1S/C31H20N/c1-2-8-19(9-3-1)27-18-28-22-12-5-4-11-21(22)24-14-7-15-25-23-13-6-10-20-16-17-26(27)31(29(20)23)32(28)30(24)25/h1-15,18H,16-17H2/q+1. The normalized spacial score (nSPS) is 13.4. The van der Waals surface area contributed by atoms with Gasteiger partial charge in [0.25, 0.3) is 0 Å². The Balaban J connectivity index is 1.79. The van der Waals surface area contributed by atoms with Gasteiger partial charge in [-0.3, -0.25) is 0 Å². The Labute approximate surface area is 185 Å². The van der Waals surface area contributed by atoms with E-state index in [-0.39, 0.29) is 0 Å². The van der Waals surface area contributed by atoms with Crippen molar-refractivity contribution in [1.82, 2.24) is 0 Å². The van der Waals surface area contributed by atoms with Crippen molar-refractivity contribution in [3.63, 3.8) is 0 Å². The van der Waals surface area contributed by atoms with Crippen LogP contribution in [0.15, 0.2) is 97.1 Å². The third-order valence-corrected chi connectivity index (χ3v) is 7.52. The number of nitrogens with zero attached hydrogens (tertiary/aromatic N) is 1. The first-order chi connectivity index (χ1) is 15.9. The lowest BCUT2D eigenvalue weighted by atomic mass is 9.84. The van der Waals surface area contributed by atoms with Gasteiger partial charge in [0, 0.05) is 22.4 Å². The quantitative estimate of drug-likeness (QED) is 0.154. The summed E-state index contributed by atoms with van der Waals surface area (Å²) in [6, 6.07) is 36.0. The molecule has 0 atom stereocenters. The van der Waals surface area contributed by atoms with Gasteiger partial charge in [0.2, 0.25) is 16.6 Å². The van der Waals surface area contributed by atoms with E-state index in [9.17, 15) is 0 Å². The molecule has 0 saturated heterocycles. The van der Waals surface area contributed by atoms with Crippen molar-refractivity contribution < 1.29 is 4.40 Å². The largest absolute Gasteiger partial charge is 0.227 e. The molecule has 8 rings (SSSR count). The summed E-state index contributed by atoms with van der Waals surface area (Å²) in [4.78, 5) is 0. The van der Waals surface area contributed by atoms with Crippen molar-refractivity contribution in [2.45, 2.75) is 12.8 Å². The number of para-hydroxylation sites is 1. The third kappa shape index (κ3) is 1.93. The number of fused-ring (bicyclic) bond motifs is 4. The summed E-state index contributed by atoms with van der Waals surface area (Å²) in [6.45, 7) is 0. The minimum absolute atomic E-state index is 1.08. The minimum Gasteiger partial charge on any atom is -0.151 e. The van der Waals surface area contributed by atoms with E-state index in [1.165, 1.54) is 71.1 Å². The van der Waals surface area contributed by atoms with Crippen LogP contribution in [0.4, 0.5) is 0 Å². The van der Waals surface area contributed by atoms with Crippen molar-refractivity contribution in [1.29, 1.82) is 0 Å². The Morgan fingerprint density at radius 2 is 1.22 bits per heavy atom. The molecule has 3 aromatic heterocycles. The van der Waals surface area contributed by atoms with E-state index in [1.54, 1.807) is 0 Å². The highest BCUT2D eigenvalue weighted by molar-refractivity contribution is 6.22. The van der Waals surface area contributed by atoms with Crippen LogP contribution in [0.2, 0.25) is 0 Å². The van der Waals surface area contributed by atoms with Crippen molar-refractivity contribution in [2.75, 3.05) is 0 Å². The number of hydrogen-bond donors (Lipinski definition) is 0. The molecular weight excluding hydrogens is 386 g/mol. The fourth-order valence-electron chi connectivity index (χ4n) is 6.23. The molecular formula is C31H20N+. The van der Waals surface area contributed by atoms with Gasteiger partial charge in [0.05, 0.1) is 21.5 Å². The Bertz CT molecular complexity index is 1860. The topological polar surface area (TPSA) is 4.10 Å². The van der Waals surface area contributed by atoms with Gasteiger partial charge in [-0.2, -0.15) is 4.40 Å². The van der Waals surface area contributed by atoms with E-state index in [0.29, 0.717) is 0 Å². The van der Waals surface area contributed by atoms with Gasteiger partial charge < -0.3 is 0 Å². The first-order valence-corrected chi connectivity index (χ1v) is 11.4. The maximum Gasteiger partial charge on any atom is 0.227 e. The van der Waals surface area contributed by atoms with Crippen LogP contribution in [0, 0.1) is 0 Å². The van der Waals surface area contributed by atoms with Gasteiger partial charge in [-0.15, -0.1) is 0 Å². The molecule has 0 fully saturated rings. The van der Waals surface area contributed by atoms with Crippen molar-refractivity contribution >= 4 is 48.9 Å². The maximum atomic E-state index is 2.58. The monoisotopic (exact) mass is 406 g/mol. The van der Waals surface area contributed by atoms with Crippen molar-refractivity contribution in [3.8, 4) is 11.1 Å². The Hall–Kier alpha value is -3.97. The van der Waals surface area contributed by atoms with Gasteiger partial charge in [-0.1, -0.05) is 72.8 Å². The zero-order chi connectivity index (χ0) is 20.8. The molecule has 0 amide bonds. The number of benzene rings is 4. The summed E-state index contributed by atoms with van der Waals surface area (Å²) in [6.07, 6.45) is 2.18. The van der Waals surface area contributed by atoms with Crippen molar-refractivity contribution in [2.24, 2.45) is 0 Å². The molecule has 1 nitrogen and oxygen atoms in total. The average Bonchev–Trinajstić information content (AvgIpc) is 2.87. The zero-order valence-electron chi connectivity index (χ0n) is 17.6. The molecule has 148 valence electrons. The molecule has 0 saturated carbocycles. The van der Waals surface area contributed by atoms with Gasteiger partial charge in [0.1, 0.15) is 0 Å². The average molecular weight is 407 g/mol. The molecule has 0 spiro atoms. The minimum atomic E-state index is 1.08. The highest BCUT2D eigenvalue weighted by atomic mass is 14.9. The Kier molecular flexibility index (Phi) is 3.04. The lowest BCUT2D eigenvalue weighted by Crippen LogP contribution is -2.29. The van der Waals surface area contributed by atoms with Crippen LogP contribution in [-0.4, -0.2) is 0 Å². The number of pyridine rings is 3. The zero-order valence-corrected chi connectivity index (χ0v) is 17.6. The molecule has 0 bridgehead atoms. The lowest BCUT2D eigenvalue weighted by molar-refractivity contribution is -0.449. The molecule has 1 aliphatic rings. The predicted molar refractivity (Wildman–Crippen MR) is 134 cm³/mol. The smallest absolute Gasteiger partial charge is 0.151 e. The molecule has 0 N–H and O–H groups in total. The van der Waals surface area contributed by atoms with Gasteiger partial charge >= 0.3 is 0 Å². The maximum absolute atomic E-state index is 2.58. The van der Waals surface area contributed by atoms with Crippen LogP contribution < -0.4 is 4.40 Å².